The zero-order valence-corrected chi connectivity index (χ0v) is 15.6. The lowest BCUT2D eigenvalue weighted by molar-refractivity contribution is 0.304. The fraction of sp³-hybridized carbons (Fsp3) is 0.562. The second-order valence-corrected chi connectivity index (χ2v) is 5.93. The number of nitrogens with two attached hydrogens (primary N) is 1. The molecule has 1 fully saturated rings. The van der Waals surface area contributed by atoms with Gasteiger partial charge in [0.1, 0.15) is 5.82 Å². The minimum Gasteiger partial charge on any atom is -0.370 e. The molecule has 3 N–H and O–H groups in total. The van der Waals surface area contributed by atoms with Crippen molar-refractivity contribution in [3.05, 3.63) is 35.6 Å². The first-order valence-electron chi connectivity index (χ1n) is 7.52. The van der Waals surface area contributed by atoms with E-state index in [1.807, 2.05) is 14.1 Å². The average molecular weight is 420 g/mol. The van der Waals surface area contributed by atoms with E-state index < -0.39 is 0 Å². The van der Waals surface area contributed by atoms with Gasteiger partial charge in [0.25, 0.3) is 0 Å². The standard InChI is InChI=1S/C16H25FN4.HI/c1-21(2)15(13-6-8-14(17)9-7-13)11-20-16(18)19-10-12-4-3-5-12;/h6-9,12,15H,3-5,10-11H2,1-2H3,(H3,18,19,20);1H. The predicted molar refractivity (Wildman–Crippen MR) is 100 cm³/mol. The molecule has 0 bridgehead atoms. The van der Waals surface area contributed by atoms with Crippen molar-refractivity contribution < 1.29 is 4.39 Å². The molecular weight excluding hydrogens is 394 g/mol. The number of rotatable bonds is 6. The number of hydrogen-bond acceptors (Lipinski definition) is 2. The number of aliphatic imine (C=N–C) groups is 1. The van der Waals surface area contributed by atoms with Gasteiger partial charge in [-0.15, -0.1) is 24.0 Å². The first kappa shape index (κ1) is 19.2. The van der Waals surface area contributed by atoms with Crippen LogP contribution in [0.5, 0.6) is 0 Å². The molecule has 1 unspecified atom stereocenters. The second kappa shape index (κ2) is 9.29. The Labute approximate surface area is 149 Å². The van der Waals surface area contributed by atoms with Gasteiger partial charge < -0.3 is 16.0 Å². The van der Waals surface area contributed by atoms with Crippen LogP contribution in [-0.4, -0.2) is 38.0 Å². The summed E-state index contributed by atoms with van der Waals surface area (Å²) in [5.74, 6) is 1.03. The first-order chi connectivity index (χ1) is 10.1. The summed E-state index contributed by atoms with van der Waals surface area (Å²) >= 11 is 0. The summed E-state index contributed by atoms with van der Waals surface area (Å²) in [4.78, 5) is 6.49. The number of nitrogens with zero attached hydrogens (tertiary/aromatic N) is 2. The highest BCUT2D eigenvalue weighted by atomic mass is 127. The third-order valence-corrected chi connectivity index (χ3v) is 4.11. The number of halogens is 2. The lowest BCUT2D eigenvalue weighted by atomic mass is 9.85. The summed E-state index contributed by atoms with van der Waals surface area (Å²) in [6.45, 7) is 1.47. The summed E-state index contributed by atoms with van der Waals surface area (Å²) in [6, 6.07) is 6.65. The van der Waals surface area contributed by atoms with E-state index in [1.165, 1.54) is 31.4 Å². The van der Waals surface area contributed by atoms with E-state index in [-0.39, 0.29) is 35.8 Å². The van der Waals surface area contributed by atoms with Crippen LogP contribution in [0.15, 0.2) is 29.3 Å². The van der Waals surface area contributed by atoms with Gasteiger partial charge in [-0.25, -0.2) is 4.39 Å². The molecule has 6 heteroatoms. The highest BCUT2D eigenvalue weighted by molar-refractivity contribution is 14.0. The highest BCUT2D eigenvalue weighted by Crippen LogP contribution is 2.25. The van der Waals surface area contributed by atoms with Crippen molar-refractivity contribution in [3.8, 4) is 0 Å². The summed E-state index contributed by atoms with van der Waals surface area (Å²) in [6.07, 6.45) is 3.91. The van der Waals surface area contributed by atoms with Gasteiger partial charge in [0.2, 0.25) is 0 Å². The predicted octanol–water partition coefficient (Wildman–Crippen LogP) is 2.75. The lowest BCUT2D eigenvalue weighted by Crippen LogP contribution is -2.38. The largest absolute Gasteiger partial charge is 0.370 e. The lowest BCUT2D eigenvalue weighted by Gasteiger charge is -2.26. The van der Waals surface area contributed by atoms with Gasteiger partial charge in [0.15, 0.2) is 5.96 Å². The number of nitrogens with one attached hydrogen (secondary N) is 1. The fourth-order valence-corrected chi connectivity index (χ4v) is 2.44. The maximum atomic E-state index is 13.0. The second-order valence-electron chi connectivity index (χ2n) is 5.93. The van der Waals surface area contributed by atoms with Crippen molar-refractivity contribution in [2.45, 2.75) is 25.3 Å². The zero-order chi connectivity index (χ0) is 15.2. The molecule has 0 aromatic heterocycles. The summed E-state index contributed by atoms with van der Waals surface area (Å²) in [5, 5.41) is 3.19. The van der Waals surface area contributed by atoms with Crippen LogP contribution in [0.1, 0.15) is 30.9 Å². The molecule has 0 heterocycles. The van der Waals surface area contributed by atoms with Crippen LogP contribution in [0.3, 0.4) is 0 Å². The SMILES string of the molecule is CN(C)C(CN=C(N)NCC1CCC1)c1ccc(F)cc1.I. The number of guanidine groups is 1. The smallest absolute Gasteiger partial charge is 0.188 e. The van der Waals surface area contributed by atoms with Crippen molar-refractivity contribution in [1.82, 2.24) is 10.2 Å². The van der Waals surface area contributed by atoms with E-state index in [0.717, 1.165) is 18.0 Å². The number of likely N-dealkylation sites (N-methyl/N-ethyl adjacent to an activating group) is 1. The summed E-state index contributed by atoms with van der Waals surface area (Å²) in [7, 11) is 3.98. The molecule has 0 radical (unpaired) electrons. The molecule has 0 amide bonds. The molecular formula is C16H26FIN4. The molecule has 124 valence electrons. The van der Waals surface area contributed by atoms with Crippen molar-refractivity contribution >= 4 is 29.9 Å². The topological polar surface area (TPSA) is 53.6 Å². The van der Waals surface area contributed by atoms with Crippen molar-refractivity contribution in [2.75, 3.05) is 27.2 Å². The first-order valence-corrected chi connectivity index (χ1v) is 7.52. The van der Waals surface area contributed by atoms with Crippen LogP contribution < -0.4 is 11.1 Å². The summed E-state index contributed by atoms with van der Waals surface area (Å²) in [5.41, 5.74) is 6.95. The van der Waals surface area contributed by atoms with E-state index in [4.69, 9.17) is 5.73 Å². The minimum atomic E-state index is -0.221. The Hall–Kier alpha value is -0.890. The van der Waals surface area contributed by atoms with Gasteiger partial charge in [-0.3, -0.25) is 4.99 Å². The molecule has 1 saturated carbocycles. The Morgan fingerprint density at radius 2 is 2.00 bits per heavy atom. The molecule has 0 saturated heterocycles. The number of hydrogen-bond donors (Lipinski definition) is 2. The third-order valence-electron chi connectivity index (χ3n) is 4.11. The Morgan fingerprint density at radius 3 is 2.50 bits per heavy atom. The molecule has 1 aromatic rings. The van der Waals surface area contributed by atoms with Crippen LogP contribution in [0.2, 0.25) is 0 Å². The normalized spacial score (nSPS) is 16.8. The minimum absolute atomic E-state index is 0. The van der Waals surface area contributed by atoms with Crippen LogP contribution >= 0.6 is 24.0 Å². The maximum Gasteiger partial charge on any atom is 0.188 e. The van der Waals surface area contributed by atoms with Crippen LogP contribution in [0.25, 0.3) is 0 Å². The van der Waals surface area contributed by atoms with Crippen LogP contribution in [0, 0.1) is 11.7 Å². The Balaban J connectivity index is 0.00000242. The van der Waals surface area contributed by atoms with Gasteiger partial charge in [-0.05, 0) is 50.6 Å². The van der Waals surface area contributed by atoms with E-state index in [9.17, 15) is 4.39 Å². The molecule has 1 aliphatic rings. The van der Waals surface area contributed by atoms with Crippen molar-refractivity contribution in [3.63, 3.8) is 0 Å². The average Bonchev–Trinajstić information content (AvgIpc) is 2.39. The van der Waals surface area contributed by atoms with Crippen LogP contribution in [-0.2, 0) is 0 Å². The van der Waals surface area contributed by atoms with Gasteiger partial charge >= 0.3 is 0 Å². The Bertz CT molecular complexity index is 472. The van der Waals surface area contributed by atoms with Crippen LogP contribution in [0.4, 0.5) is 4.39 Å². The molecule has 1 aliphatic carbocycles. The Kier molecular flexibility index (Phi) is 8.09. The van der Waals surface area contributed by atoms with Gasteiger partial charge in [-0.1, -0.05) is 18.6 Å². The molecule has 0 aliphatic heterocycles. The monoisotopic (exact) mass is 420 g/mol. The molecule has 2 rings (SSSR count). The molecule has 0 spiro atoms. The fourth-order valence-electron chi connectivity index (χ4n) is 2.44. The summed E-state index contributed by atoms with van der Waals surface area (Å²) < 4.78 is 13.0. The van der Waals surface area contributed by atoms with E-state index in [1.54, 1.807) is 12.1 Å². The molecule has 1 aromatic carbocycles. The van der Waals surface area contributed by atoms with E-state index in [2.05, 4.69) is 15.2 Å². The van der Waals surface area contributed by atoms with E-state index in [0.29, 0.717) is 12.5 Å². The number of benzene rings is 1. The van der Waals surface area contributed by atoms with E-state index >= 15 is 0 Å². The van der Waals surface area contributed by atoms with Crippen molar-refractivity contribution in [2.24, 2.45) is 16.6 Å². The molecule has 1 atom stereocenters. The molecule has 4 nitrogen and oxygen atoms in total. The maximum absolute atomic E-state index is 13.0. The molecule has 22 heavy (non-hydrogen) atoms. The van der Waals surface area contributed by atoms with Crippen molar-refractivity contribution in [1.29, 1.82) is 0 Å². The zero-order valence-electron chi connectivity index (χ0n) is 13.3. The third kappa shape index (κ3) is 5.72. The Morgan fingerprint density at radius 1 is 1.36 bits per heavy atom. The quantitative estimate of drug-likeness (QED) is 0.423. The van der Waals surface area contributed by atoms with Gasteiger partial charge in [0.05, 0.1) is 12.6 Å². The highest BCUT2D eigenvalue weighted by Gasteiger charge is 2.17. The van der Waals surface area contributed by atoms with Gasteiger partial charge in [0, 0.05) is 6.54 Å². The van der Waals surface area contributed by atoms with Gasteiger partial charge in [-0.2, -0.15) is 0 Å².